The summed E-state index contributed by atoms with van der Waals surface area (Å²) in [5.74, 6) is 0. The number of rotatable bonds is 4. The monoisotopic (exact) mass is 362 g/mol. The maximum atomic E-state index is 6.69. The maximum Gasteiger partial charge on any atom is 0.0949 e. The number of allylic oxidation sites excluding steroid dienone is 1. The van der Waals surface area contributed by atoms with Gasteiger partial charge in [-0.05, 0) is 28.8 Å². The summed E-state index contributed by atoms with van der Waals surface area (Å²) in [6.45, 7) is 0.565. The van der Waals surface area contributed by atoms with Crippen LogP contribution in [0.1, 0.15) is 11.1 Å². The van der Waals surface area contributed by atoms with Crippen molar-refractivity contribution in [2.75, 3.05) is 0 Å². The molecule has 2 nitrogen and oxygen atoms in total. The van der Waals surface area contributed by atoms with E-state index in [1.165, 1.54) is 0 Å². The zero-order chi connectivity index (χ0) is 16.2. The SMILES string of the molecule is ClC(=C(Cn1ccnc1)c1ccc(Cl)cc1Cl)c1ccccc1. The van der Waals surface area contributed by atoms with Gasteiger partial charge in [-0.3, -0.25) is 0 Å². The molecule has 1 heterocycles. The number of hydrogen-bond acceptors (Lipinski definition) is 1. The van der Waals surface area contributed by atoms with Crippen molar-refractivity contribution >= 4 is 45.4 Å². The van der Waals surface area contributed by atoms with E-state index in [-0.39, 0.29) is 0 Å². The summed E-state index contributed by atoms with van der Waals surface area (Å²) in [5, 5.41) is 1.82. The van der Waals surface area contributed by atoms with Gasteiger partial charge in [0.2, 0.25) is 0 Å². The van der Waals surface area contributed by atoms with Crippen molar-refractivity contribution in [1.82, 2.24) is 9.55 Å². The minimum absolute atomic E-state index is 0.565. The number of hydrogen-bond donors (Lipinski definition) is 0. The number of halogens is 3. The van der Waals surface area contributed by atoms with Gasteiger partial charge >= 0.3 is 0 Å². The highest BCUT2D eigenvalue weighted by molar-refractivity contribution is 6.53. The predicted octanol–water partition coefficient (Wildman–Crippen LogP) is 6.00. The fourth-order valence-electron chi connectivity index (χ4n) is 2.33. The normalized spacial score (nSPS) is 12.1. The highest BCUT2D eigenvalue weighted by Gasteiger charge is 2.14. The number of aromatic nitrogens is 2. The third kappa shape index (κ3) is 3.78. The molecular formula is C18H13Cl3N2. The molecule has 0 saturated carbocycles. The Hall–Kier alpha value is -1.74. The molecule has 0 spiro atoms. The van der Waals surface area contributed by atoms with Gasteiger partial charge < -0.3 is 4.57 Å². The van der Waals surface area contributed by atoms with Gasteiger partial charge in [-0.1, -0.05) is 71.2 Å². The molecule has 3 rings (SSSR count). The van der Waals surface area contributed by atoms with E-state index in [2.05, 4.69) is 4.98 Å². The van der Waals surface area contributed by atoms with Gasteiger partial charge in [0.05, 0.1) is 17.9 Å². The molecule has 0 radical (unpaired) electrons. The lowest BCUT2D eigenvalue weighted by molar-refractivity contribution is 0.835. The van der Waals surface area contributed by atoms with E-state index in [4.69, 9.17) is 34.8 Å². The Morgan fingerprint density at radius 3 is 2.48 bits per heavy atom. The molecule has 0 aliphatic heterocycles. The van der Waals surface area contributed by atoms with Crippen LogP contribution in [-0.4, -0.2) is 9.55 Å². The van der Waals surface area contributed by atoms with Crippen LogP contribution in [0.2, 0.25) is 10.0 Å². The van der Waals surface area contributed by atoms with Gasteiger partial charge in [0, 0.05) is 22.4 Å². The first-order valence-corrected chi connectivity index (χ1v) is 8.14. The summed E-state index contributed by atoms with van der Waals surface area (Å²) in [6, 6.07) is 15.2. The first-order chi connectivity index (χ1) is 11.1. The Morgan fingerprint density at radius 2 is 1.83 bits per heavy atom. The van der Waals surface area contributed by atoms with E-state index in [0.717, 1.165) is 16.7 Å². The summed E-state index contributed by atoms with van der Waals surface area (Å²) < 4.78 is 1.95. The third-order valence-corrected chi connectivity index (χ3v) is 4.44. The minimum atomic E-state index is 0.565. The van der Waals surface area contributed by atoms with Crippen molar-refractivity contribution in [3.05, 3.63) is 88.4 Å². The van der Waals surface area contributed by atoms with Crippen LogP contribution in [0.3, 0.4) is 0 Å². The molecular weight excluding hydrogens is 351 g/mol. The second-order valence-corrected chi connectivity index (χ2v) is 6.24. The summed E-state index contributed by atoms with van der Waals surface area (Å²) in [7, 11) is 0. The van der Waals surface area contributed by atoms with Crippen molar-refractivity contribution in [2.45, 2.75) is 6.54 Å². The zero-order valence-electron chi connectivity index (χ0n) is 12.1. The molecule has 0 amide bonds. The Bertz CT molecular complexity index is 825. The average Bonchev–Trinajstić information content (AvgIpc) is 3.07. The second kappa shape index (κ2) is 7.22. The van der Waals surface area contributed by atoms with Crippen LogP contribution in [-0.2, 0) is 6.54 Å². The molecule has 5 heteroatoms. The lowest BCUT2D eigenvalue weighted by Gasteiger charge is -2.14. The molecule has 0 unspecified atom stereocenters. The van der Waals surface area contributed by atoms with Gasteiger partial charge in [0.25, 0.3) is 0 Å². The van der Waals surface area contributed by atoms with Crippen LogP contribution in [0.15, 0.2) is 67.3 Å². The Balaban J connectivity index is 2.13. The Morgan fingerprint density at radius 1 is 1.04 bits per heavy atom. The molecule has 0 saturated heterocycles. The molecule has 0 aliphatic rings. The topological polar surface area (TPSA) is 17.8 Å². The fraction of sp³-hybridized carbons (Fsp3) is 0.0556. The molecule has 0 atom stereocenters. The maximum absolute atomic E-state index is 6.69. The number of imidazole rings is 1. The van der Waals surface area contributed by atoms with E-state index in [0.29, 0.717) is 21.6 Å². The van der Waals surface area contributed by atoms with E-state index >= 15 is 0 Å². The van der Waals surface area contributed by atoms with Crippen molar-refractivity contribution in [3.63, 3.8) is 0 Å². The van der Waals surface area contributed by atoms with Gasteiger partial charge in [-0.25, -0.2) is 4.98 Å². The summed E-state index contributed by atoms with van der Waals surface area (Å²) in [6.07, 6.45) is 5.37. The molecule has 116 valence electrons. The lowest BCUT2D eigenvalue weighted by atomic mass is 10.0. The molecule has 1 aromatic heterocycles. The van der Waals surface area contributed by atoms with E-state index in [1.54, 1.807) is 18.6 Å². The summed E-state index contributed by atoms with van der Waals surface area (Å²) >= 11 is 19.1. The van der Waals surface area contributed by atoms with Crippen molar-refractivity contribution in [3.8, 4) is 0 Å². The van der Waals surface area contributed by atoms with Crippen LogP contribution in [0.4, 0.5) is 0 Å². The molecule has 3 aromatic rings. The first-order valence-electron chi connectivity index (χ1n) is 7.00. The minimum Gasteiger partial charge on any atom is -0.333 e. The molecule has 0 aliphatic carbocycles. The van der Waals surface area contributed by atoms with Gasteiger partial charge in [-0.15, -0.1) is 0 Å². The van der Waals surface area contributed by atoms with Gasteiger partial charge in [0.1, 0.15) is 0 Å². The second-order valence-electron chi connectivity index (χ2n) is 5.02. The van der Waals surface area contributed by atoms with Crippen molar-refractivity contribution in [1.29, 1.82) is 0 Å². The smallest absolute Gasteiger partial charge is 0.0949 e. The van der Waals surface area contributed by atoms with Crippen LogP contribution in [0.25, 0.3) is 10.6 Å². The summed E-state index contributed by atoms with van der Waals surface area (Å²) in [4.78, 5) is 4.08. The molecule has 23 heavy (non-hydrogen) atoms. The Kier molecular flexibility index (Phi) is 5.06. The molecule has 0 N–H and O–H groups in total. The molecule has 0 bridgehead atoms. The summed E-state index contributed by atoms with van der Waals surface area (Å²) in [5.41, 5.74) is 2.71. The molecule has 2 aromatic carbocycles. The Labute approximate surface area is 149 Å². The van der Waals surface area contributed by atoms with Crippen molar-refractivity contribution < 1.29 is 0 Å². The molecule has 0 fully saturated rings. The number of benzene rings is 2. The zero-order valence-corrected chi connectivity index (χ0v) is 14.4. The van der Waals surface area contributed by atoms with Crippen LogP contribution >= 0.6 is 34.8 Å². The van der Waals surface area contributed by atoms with Crippen molar-refractivity contribution in [2.24, 2.45) is 0 Å². The third-order valence-electron chi connectivity index (χ3n) is 3.45. The largest absolute Gasteiger partial charge is 0.333 e. The van der Waals surface area contributed by atoms with Crippen LogP contribution < -0.4 is 0 Å². The predicted molar refractivity (Wildman–Crippen MR) is 97.8 cm³/mol. The van der Waals surface area contributed by atoms with E-state index < -0.39 is 0 Å². The van der Waals surface area contributed by atoms with E-state index in [1.807, 2.05) is 53.2 Å². The quantitative estimate of drug-likeness (QED) is 0.520. The van der Waals surface area contributed by atoms with Crippen LogP contribution in [0, 0.1) is 0 Å². The highest BCUT2D eigenvalue weighted by Crippen LogP contribution is 2.35. The number of nitrogens with zero attached hydrogens (tertiary/aromatic N) is 2. The average molecular weight is 364 g/mol. The lowest BCUT2D eigenvalue weighted by Crippen LogP contribution is -2.00. The fourth-order valence-corrected chi connectivity index (χ4v) is 3.14. The standard InChI is InChI=1S/C18H13Cl3N2/c19-14-6-7-15(17(20)10-14)16(11-23-9-8-22-12-23)18(21)13-4-2-1-3-5-13/h1-10,12H,11H2. The van der Waals surface area contributed by atoms with Gasteiger partial charge in [0.15, 0.2) is 0 Å². The first kappa shape index (κ1) is 16.1. The van der Waals surface area contributed by atoms with Gasteiger partial charge in [-0.2, -0.15) is 0 Å². The highest BCUT2D eigenvalue weighted by atomic mass is 35.5. The van der Waals surface area contributed by atoms with Crippen LogP contribution in [0.5, 0.6) is 0 Å². The van der Waals surface area contributed by atoms with E-state index in [9.17, 15) is 0 Å².